The van der Waals surface area contributed by atoms with Crippen molar-refractivity contribution >= 4 is 0 Å². The highest BCUT2D eigenvalue weighted by molar-refractivity contribution is 5.13. The molecule has 0 aromatic rings. The van der Waals surface area contributed by atoms with Crippen molar-refractivity contribution in [2.24, 2.45) is 23.0 Å². The minimum atomic E-state index is -0.291. The molecule has 0 unspecified atom stereocenters. The molecular weight excluding hydrogens is 190 g/mol. The highest BCUT2D eigenvalue weighted by Gasteiger charge is 2.61. The molecule has 0 aromatic carbocycles. The molecule has 0 heterocycles. The molecular formula is C12H21NO2. The van der Waals surface area contributed by atoms with Gasteiger partial charge in [0.15, 0.2) is 0 Å². The van der Waals surface area contributed by atoms with Crippen LogP contribution in [0.1, 0.15) is 32.1 Å². The molecule has 86 valence electrons. The number of methoxy groups -OCH3 is 1. The number of aliphatic hydroxyl groups is 1. The van der Waals surface area contributed by atoms with Gasteiger partial charge in [-0.2, -0.15) is 0 Å². The summed E-state index contributed by atoms with van der Waals surface area (Å²) in [5.74, 6) is 1.48. The standard InChI is InChI=1S/C12H21NO2/c1-15-10-6-12(5-9(10)14)8-3-2-7(4-8)11(12)13/h7-11,14H,2-6,13H2,1H3/t7-,8+,9+,10+,11-,12+/m1/s1. The zero-order chi connectivity index (χ0) is 10.6. The van der Waals surface area contributed by atoms with Crippen molar-refractivity contribution in [1.82, 2.24) is 0 Å². The first kappa shape index (κ1) is 10.1. The van der Waals surface area contributed by atoms with E-state index in [2.05, 4.69) is 0 Å². The summed E-state index contributed by atoms with van der Waals surface area (Å²) in [6.07, 6.45) is 5.50. The van der Waals surface area contributed by atoms with Gasteiger partial charge in [0.2, 0.25) is 0 Å². The Hall–Kier alpha value is -0.120. The van der Waals surface area contributed by atoms with Crippen molar-refractivity contribution < 1.29 is 9.84 Å². The molecule has 0 radical (unpaired) electrons. The van der Waals surface area contributed by atoms with Gasteiger partial charge in [-0.1, -0.05) is 0 Å². The Morgan fingerprint density at radius 3 is 2.67 bits per heavy atom. The van der Waals surface area contributed by atoms with Gasteiger partial charge in [-0.15, -0.1) is 0 Å². The smallest absolute Gasteiger partial charge is 0.0836 e. The first-order valence-electron chi connectivity index (χ1n) is 6.14. The number of nitrogens with two attached hydrogens (primary N) is 1. The third-order valence-corrected chi connectivity index (χ3v) is 5.36. The van der Waals surface area contributed by atoms with E-state index in [1.165, 1.54) is 19.3 Å². The minimum absolute atomic E-state index is 0.0235. The van der Waals surface area contributed by atoms with Gasteiger partial charge in [-0.3, -0.25) is 0 Å². The van der Waals surface area contributed by atoms with E-state index in [4.69, 9.17) is 10.5 Å². The normalized spacial score (nSPS) is 58.2. The lowest BCUT2D eigenvalue weighted by Crippen LogP contribution is -2.45. The summed E-state index contributed by atoms with van der Waals surface area (Å²) in [5, 5.41) is 9.98. The molecule has 2 bridgehead atoms. The molecule has 15 heavy (non-hydrogen) atoms. The lowest BCUT2D eigenvalue weighted by atomic mass is 9.69. The van der Waals surface area contributed by atoms with Gasteiger partial charge in [0.25, 0.3) is 0 Å². The van der Waals surface area contributed by atoms with Gasteiger partial charge >= 0.3 is 0 Å². The van der Waals surface area contributed by atoms with E-state index < -0.39 is 0 Å². The number of aliphatic hydroxyl groups excluding tert-OH is 1. The molecule has 3 heteroatoms. The van der Waals surface area contributed by atoms with Crippen molar-refractivity contribution in [1.29, 1.82) is 0 Å². The van der Waals surface area contributed by atoms with Crippen LogP contribution in [0.5, 0.6) is 0 Å². The molecule has 3 fully saturated rings. The average molecular weight is 211 g/mol. The van der Waals surface area contributed by atoms with E-state index >= 15 is 0 Å². The molecule has 3 N–H and O–H groups in total. The van der Waals surface area contributed by atoms with Gasteiger partial charge in [0, 0.05) is 13.2 Å². The van der Waals surface area contributed by atoms with E-state index in [-0.39, 0.29) is 17.6 Å². The highest BCUT2D eigenvalue weighted by Crippen LogP contribution is 2.62. The quantitative estimate of drug-likeness (QED) is 0.677. The largest absolute Gasteiger partial charge is 0.390 e. The lowest BCUT2D eigenvalue weighted by Gasteiger charge is -2.39. The second-order valence-electron chi connectivity index (χ2n) is 5.78. The Kier molecular flexibility index (Phi) is 2.14. The summed E-state index contributed by atoms with van der Waals surface area (Å²) in [5.41, 5.74) is 6.58. The van der Waals surface area contributed by atoms with Crippen LogP contribution >= 0.6 is 0 Å². The fourth-order valence-electron chi connectivity index (χ4n) is 4.57. The number of rotatable bonds is 1. The number of hydrogen-bond acceptors (Lipinski definition) is 3. The van der Waals surface area contributed by atoms with Crippen LogP contribution in [0.15, 0.2) is 0 Å². The summed E-state index contributed by atoms with van der Waals surface area (Å²) >= 11 is 0. The highest BCUT2D eigenvalue weighted by atomic mass is 16.5. The van der Waals surface area contributed by atoms with E-state index in [0.717, 1.165) is 24.7 Å². The summed E-state index contributed by atoms with van der Waals surface area (Å²) in [6.45, 7) is 0. The van der Waals surface area contributed by atoms with Crippen LogP contribution < -0.4 is 5.73 Å². The predicted octanol–water partition coefficient (Wildman–Crippen LogP) is 0.900. The van der Waals surface area contributed by atoms with Crippen LogP contribution in [0, 0.1) is 17.3 Å². The third kappa shape index (κ3) is 1.17. The SMILES string of the molecule is CO[C@H]1C[C@@]2(C[C@@H]1O)[C@H]1CC[C@H](C1)[C@H]2N. The van der Waals surface area contributed by atoms with Crippen molar-refractivity contribution in [3.05, 3.63) is 0 Å². The Morgan fingerprint density at radius 1 is 1.33 bits per heavy atom. The van der Waals surface area contributed by atoms with Gasteiger partial charge in [-0.25, -0.2) is 0 Å². The third-order valence-electron chi connectivity index (χ3n) is 5.36. The molecule has 3 rings (SSSR count). The average Bonchev–Trinajstić information content (AvgIpc) is 2.85. The minimum Gasteiger partial charge on any atom is -0.390 e. The van der Waals surface area contributed by atoms with E-state index in [1.807, 2.05) is 0 Å². The number of ether oxygens (including phenoxy) is 1. The van der Waals surface area contributed by atoms with Crippen molar-refractivity contribution in [3.8, 4) is 0 Å². The summed E-state index contributed by atoms with van der Waals surface area (Å²) in [7, 11) is 1.70. The predicted molar refractivity (Wildman–Crippen MR) is 57.3 cm³/mol. The van der Waals surface area contributed by atoms with Crippen molar-refractivity contribution in [2.75, 3.05) is 7.11 Å². The molecule has 0 amide bonds. The van der Waals surface area contributed by atoms with Gasteiger partial charge in [0.05, 0.1) is 12.2 Å². The number of fused-ring (bicyclic) bond motifs is 3. The monoisotopic (exact) mass is 211 g/mol. The molecule has 6 atom stereocenters. The first-order valence-corrected chi connectivity index (χ1v) is 6.14. The van der Waals surface area contributed by atoms with Gasteiger partial charge in [-0.05, 0) is 49.4 Å². The van der Waals surface area contributed by atoms with Crippen LogP contribution in [0.4, 0.5) is 0 Å². The zero-order valence-electron chi connectivity index (χ0n) is 9.36. The molecule has 3 nitrogen and oxygen atoms in total. The topological polar surface area (TPSA) is 55.5 Å². The van der Waals surface area contributed by atoms with Crippen LogP contribution in [-0.2, 0) is 4.74 Å². The Bertz CT molecular complexity index is 266. The van der Waals surface area contributed by atoms with E-state index in [0.29, 0.717) is 6.04 Å². The molecule has 3 aliphatic rings. The Morgan fingerprint density at radius 2 is 2.13 bits per heavy atom. The van der Waals surface area contributed by atoms with Crippen LogP contribution in [0.3, 0.4) is 0 Å². The fraction of sp³-hybridized carbons (Fsp3) is 1.00. The Labute approximate surface area is 91.0 Å². The van der Waals surface area contributed by atoms with Gasteiger partial charge < -0.3 is 15.6 Å². The van der Waals surface area contributed by atoms with Crippen LogP contribution in [0.25, 0.3) is 0 Å². The summed E-state index contributed by atoms with van der Waals surface area (Å²) in [6, 6.07) is 0.311. The first-order chi connectivity index (χ1) is 7.17. The fourth-order valence-corrected chi connectivity index (χ4v) is 4.57. The molecule has 3 aliphatic carbocycles. The second-order valence-corrected chi connectivity index (χ2v) is 5.78. The maximum absolute atomic E-state index is 9.98. The van der Waals surface area contributed by atoms with Crippen molar-refractivity contribution in [3.63, 3.8) is 0 Å². The summed E-state index contributed by atoms with van der Waals surface area (Å²) in [4.78, 5) is 0. The molecule has 3 saturated carbocycles. The molecule has 1 spiro atoms. The van der Waals surface area contributed by atoms with Crippen LogP contribution in [-0.4, -0.2) is 30.5 Å². The Balaban J connectivity index is 1.86. The number of hydrogen-bond donors (Lipinski definition) is 2. The molecule has 0 aliphatic heterocycles. The maximum Gasteiger partial charge on any atom is 0.0836 e. The van der Waals surface area contributed by atoms with Gasteiger partial charge in [0.1, 0.15) is 0 Å². The molecule has 0 saturated heterocycles. The van der Waals surface area contributed by atoms with E-state index in [1.54, 1.807) is 7.11 Å². The zero-order valence-corrected chi connectivity index (χ0v) is 9.36. The summed E-state index contributed by atoms with van der Waals surface area (Å²) < 4.78 is 5.36. The van der Waals surface area contributed by atoms with E-state index in [9.17, 15) is 5.11 Å². The van der Waals surface area contributed by atoms with Crippen LogP contribution in [0.2, 0.25) is 0 Å². The molecule has 0 aromatic heterocycles. The lowest BCUT2D eigenvalue weighted by molar-refractivity contribution is 0.00927. The maximum atomic E-state index is 9.98. The second kappa shape index (κ2) is 3.19. The van der Waals surface area contributed by atoms with Crippen molar-refractivity contribution in [2.45, 2.75) is 50.4 Å².